The predicted molar refractivity (Wildman–Crippen MR) is 196 cm³/mol. The van der Waals surface area contributed by atoms with Gasteiger partial charge in [0.2, 0.25) is 5.91 Å². The SMILES string of the molecule is COc1ccc(/C=C(/NC(=O)c2ccccc2)C(=O)Nc2cccc(SC(C(=O)Nc3ccc(C)c(C)c3)c3ccccc3)c2)cc1OC. The van der Waals surface area contributed by atoms with E-state index in [9.17, 15) is 14.4 Å². The van der Waals surface area contributed by atoms with Crippen LogP contribution >= 0.6 is 11.8 Å². The molecule has 1 atom stereocenters. The van der Waals surface area contributed by atoms with E-state index >= 15 is 0 Å². The van der Waals surface area contributed by atoms with E-state index in [2.05, 4.69) is 16.0 Å². The first kappa shape index (κ1) is 34.5. The molecule has 0 fully saturated rings. The molecule has 49 heavy (non-hydrogen) atoms. The summed E-state index contributed by atoms with van der Waals surface area (Å²) in [5, 5.41) is 8.17. The molecule has 0 aliphatic carbocycles. The molecule has 1 unspecified atom stereocenters. The Kier molecular flexibility index (Phi) is 11.5. The van der Waals surface area contributed by atoms with Crippen LogP contribution in [0.1, 0.15) is 37.9 Å². The Labute approximate surface area is 290 Å². The van der Waals surface area contributed by atoms with Gasteiger partial charge in [-0.2, -0.15) is 0 Å². The van der Waals surface area contributed by atoms with Crippen molar-refractivity contribution in [2.24, 2.45) is 0 Å². The van der Waals surface area contributed by atoms with Crippen LogP contribution in [0.2, 0.25) is 0 Å². The first-order valence-electron chi connectivity index (χ1n) is 15.6. The van der Waals surface area contributed by atoms with Gasteiger partial charge < -0.3 is 25.4 Å². The fraction of sp³-hybridized carbons (Fsp3) is 0.125. The van der Waals surface area contributed by atoms with E-state index in [1.165, 1.54) is 26.0 Å². The van der Waals surface area contributed by atoms with Gasteiger partial charge in [0.25, 0.3) is 11.8 Å². The zero-order valence-electron chi connectivity index (χ0n) is 27.7. The summed E-state index contributed by atoms with van der Waals surface area (Å²) in [4.78, 5) is 41.3. The molecular formula is C40H37N3O5S. The number of benzene rings is 5. The van der Waals surface area contributed by atoms with E-state index in [4.69, 9.17) is 9.47 Å². The van der Waals surface area contributed by atoms with Gasteiger partial charge in [-0.1, -0.05) is 66.7 Å². The van der Waals surface area contributed by atoms with Crippen molar-refractivity contribution < 1.29 is 23.9 Å². The van der Waals surface area contributed by atoms with Crippen LogP contribution in [0.25, 0.3) is 6.08 Å². The van der Waals surface area contributed by atoms with Crippen molar-refractivity contribution in [3.05, 3.63) is 155 Å². The van der Waals surface area contributed by atoms with Gasteiger partial charge in [0.15, 0.2) is 11.5 Å². The van der Waals surface area contributed by atoms with Crippen LogP contribution in [0, 0.1) is 13.8 Å². The Morgan fingerprint density at radius 1 is 0.673 bits per heavy atom. The van der Waals surface area contributed by atoms with Crippen molar-refractivity contribution in [1.82, 2.24) is 5.32 Å². The average molecular weight is 672 g/mol. The Balaban J connectivity index is 1.40. The van der Waals surface area contributed by atoms with Crippen molar-refractivity contribution in [1.29, 1.82) is 0 Å². The molecular weight excluding hydrogens is 635 g/mol. The minimum absolute atomic E-state index is 0.0223. The molecule has 0 saturated carbocycles. The molecule has 0 bridgehead atoms. The number of anilines is 2. The topological polar surface area (TPSA) is 106 Å². The lowest BCUT2D eigenvalue weighted by molar-refractivity contribution is -0.116. The van der Waals surface area contributed by atoms with E-state index in [-0.39, 0.29) is 11.6 Å². The molecule has 5 aromatic carbocycles. The van der Waals surface area contributed by atoms with E-state index in [0.717, 1.165) is 27.3 Å². The van der Waals surface area contributed by atoms with Crippen molar-refractivity contribution in [3.8, 4) is 11.5 Å². The molecule has 0 radical (unpaired) electrons. The summed E-state index contributed by atoms with van der Waals surface area (Å²) in [6, 6.07) is 36.5. The average Bonchev–Trinajstić information content (AvgIpc) is 3.12. The number of hydrogen-bond acceptors (Lipinski definition) is 6. The van der Waals surface area contributed by atoms with Crippen molar-refractivity contribution in [3.63, 3.8) is 0 Å². The molecule has 5 rings (SSSR count). The smallest absolute Gasteiger partial charge is 0.272 e. The summed E-state index contributed by atoms with van der Waals surface area (Å²) in [5.41, 5.74) is 5.32. The van der Waals surface area contributed by atoms with Gasteiger partial charge in [-0.05, 0) is 96.8 Å². The molecule has 3 amide bonds. The third kappa shape index (κ3) is 9.18. The van der Waals surface area contributed by atoms with Crippen molar-refractivity contribution in [2.45, 2.75) is 24.0 Å². The number of hydrogen-bond donors (Lipinski definition) is 3. The monoisotopic (exact) mass is 671 g/mol. The van der Waals surface area contributed by atoms with Gasteiger partial charge in [0.05, 0.1) is 14.2 Å². The molecule has 0 spiro atoms. The van der Waals surface area contributed by atoms with E-state index in [1.54, 1.807) is 60.7 Å². The number of aryl methyl sites for hydroxylation is 2. The van der Waals surface area contributed by atoms with Gasteiger partial charge in [-0.25, -0.2) is 0 Å². The molecule has 3 N–H and O–H groups in total. The fourth-order valence-electron chi connectivity index (χ4n) is 4.96. The highest BCUT2D eigenvalue weighted by Crippen LogP contribution is 2.37. The Hall–Kier alpha value is -5.80. The van der Waals surface area contributed by atoms with Gasteiger partial charge >= 0.3 is 0 Å². The number of rotatable bonds is 12. The van der Waals surface area contributed by atoms with Crippen molar-refractivity contribution >= 4 is 46.9 Å². The number of thioether (sulfide) groups is 1. The summed E-state index contributed by atoms with van der Waals surface area (Å²) < 4.78 is 10.8. The van der Waals surface area contributed by atoms with Crippen LogP contribution in [0.4, 0.5) is 11.4 Å². The second-order valence-electron chi connectivity index (χ2n) is 11.2. The van der Waals surface area contributed by atoms with Gasteiger partial charge in [-0.3, -0.25) is 14.4 Å². The lowest BCUT2D eigenvalue weighted by Gasteiger charge is -2.18. The minimum Gasteiger partial charge on any atom is -0.493 e. The molecule has 8 nitrogen and oxygen atoms in total. The molecule has 0 saturated heterocycles. The summed E-state index contributed by atoms with van der Waals surface area (Å²) in [5.74, 6) is -0.132. The lowest BCUT2D eigenvalue weighted by Crippen LogP contribution is -2.30. The first-order valence-corrected chi connectivity index (χ1v) is 16.4. The second kappa shape index (κ2) is 16.3. The Bertz CT molecular complexity index is 1980. The standard InChI is InChI=1S/C40H37N3O5S/c1-26-18-20-32(22-27(26)2)42-40(46)37(29-12-7-5-8-13-29)49-33-17-11-16-31(25-33)41-39(45)34(43-38(44)30-14-9-6-10-15-30)23-28-19-21-35(47-3)36(24-28)48-4/h5-25,37H,1-4H3,(H,41,45)(H,42,46)(H,43,44)/b34-23+. The van der Waals surface area contributed by atoms with Gasteiger partial charge in [0, 0.05) is 21.8 Å². The summed E-state index contributed by atoms with van der Waals surface area (Å²) in [6.07, 6.45) is 1.57. The fourth-order valence-corrected chi connectivity index (χ4v) is 6.04. The maximum atomic E-state index is 13.8. The van der Waals surface area contributed by atoms with E-state index in [1.807, 2.05) is 80.6 Å². The molecule has 0 aliphatic heterocycles. The second-order valence-corrected chi connectivity index (χ2v) is 12.3. The first-order chi connectivity index (χ1) is 23.7. The van der Waals surface area contributed by atoms with Crippen molar-refractivity contribution in [2.75, 3.05) is 24.9 Å². The Morgan fingerprint density at radius 3 is 2.06 bits per heavy atom. The van der Waals surface area contributed by atoms with Gasteiger partial charge in [-0.15, -0.1) is 11.8 Å². The normalized spacial score (nSPS) is 11.6. The molecule has 5 aromatic rings. The Morgan fingerprint density at radius 2 is 1.37 bits per heavy atom. The highest BCUT2D eigenvalue weighted by molar-refractivity contribution is 8.00. The maximum absolute atomic E-state index is 13.8. The number of carbonyl (C=O) groups is 3. The molecule has 0 aliphatic rings. The minimum atomic E-state index is -0.570. The number of methoxy groups -OCH3 is 2. The van der Waals surface area contributed by atoms with E-state index < -0.39 is 17.1 Å². The molecule has 9 heteroatoms. The number of carbonyl (C=O) groups excluding carboxylic acids is 3. The predicted octanol–water partition coefficient (Wildman–Crippen LogP) is 8.20. The van der Waals surface area contributed by atoms with Crippen LogP contribution in [-0.4, -0.2) is 31.9 Å². The van der Waals surface area contributed by atoms with Crippen LogP contribution in [-0.2, 0) is 9.59 Å². The third-order valence-electron chi connectivity index (χ3n) is 7.71. The van der Waals surface area contributed by atoms with Crippen LogP contribution in [0.3, 0.4) is 0 Å². The quantitative estimate of drug-likeness (QED) is 0.0913. The largest absolute Gasteiger partial charge is 0.493 e. The van der Waals surface area contributed by atoms with Crippen LogP contribution in [0.5, 0.6) is 11.5 Å². The highest BCUT2D eigenvalue weighted by atomic mass is 32.2. The zero-order chi connectivity index (χ0) is 34.8. The zero-order valence-corrected chi connectivity index (χ0v) is 28.5. The maximum Gasteiger partial charge on any atom is 0.272 e. The molecule has 0 aromatic heterocycles. The molecule has 0 heterocycles. The van der Waals surface area contributed by atoms with Crippen LogP contribution in [0.15, 0.2) is 132 Å². The molecule has 248 valence electrons. The number of ether oxygens (including phenoxy) is 2. The summed E-state index contributed by atoms with van der Waals surface area (Å²) in [6.45, 7) is 4.04. The van der Waals surface area contributed by atoms with E-state index in [0.29, 0.717) is 28.3 Å². The summed E-state index contributed by atoms with van der Waals surface area (Å²) in [7, 11) is 3.06. The number of amides is 3. The summed E-state index contributed by atoms with van der Waals surface area (Å²) >= 11 is 1.37. The van der Waals surface area contributed by atoms with Crippen LogP contribution < -0.4 is 25.4 Å². The van der Waals surface area contributed by atoms with Gasteiger partial charge in [0.1, 0.15) is 10.9 Å². The highest BCUT2D eigenvalue weighted by Gasteiger charge is 2.23. The lowest BCUT2D eigenvalue weighted by atomic mass is 10.1. The number of nitrogens with one attached hydrogen (secondary N) is 3. The third-order valence-corrected chi connectivity index (χ3v) is 8.96.